The van der Waals surface area contributed by atoms with Crippen LogP contribution in [0.4, 0.5) is 15.8 Å². The van der Waals surface area contributed by atoms with E-state index in [0.29, 0.717) is 22.9 Å². The second-order valence-electron chi connectivity index (χ2n) is 7.70. The van der Waals surface area contributed by atoms with Crippen LogP contribution in [0.5, 0.6) is 5.75 Å². The molecule has 4 rings (SSSR count). The van der Waals surface area contributed by atoms with E-state index in [1.54, 1.807) is 12.1 Å². The summed E-state index contributed by atoms with van der Waals surface area (Å²) < 4.78 is 19.5. The number of nitrogens with one attached hydrogen (secondary N) is 1. The van der Waals surface area contributed by atoms with Crippen LogP contribution in [-0.4, -0.2) is 13.1 Å². The summed E-state index contributed by atoms with van der Waals surface area (Å²) in [5.74, 6) is 0.301. The Kier molecular flexibility index (Phi) is 7.21. The van der Waals surface area contributed by atoms with Gasteiger partial charge in [-0.25, -0.2) is 4.39 Å². The minimum atomic E-state index is -0.363. The van der Waals surface area contributed by atoms with Gasteiger partial charge >= 0.3 is 0 Å². The molecule has 0 amide bonds. The molecule has 6 heteroatoms. The molecule has 0 unspecified atom stereocenters. The summed E-state index contributed by atoms with van der Waals surface area (Å²) in [4.78, 5) is 2.36. The van der Waals surface area contributed by atoms with Gasteiger partial charge in [-0.2, -0.15) is 0 Å². The third-order valence-corrected chi connectivity index (χ3v) is 6.17. The Balaban J connectivity index is 1.31. The topological polar surface area (TPSA) is 24.5 Å². The van der Waals surface area contributed by atoms with Crippen molar-refractivity contribution in [3.63, 3.8) is 0 Å². The summed E-state index contributed by atoms with van der Waals surface area (Å²) >= 11 is 12.6. The average molecular weight is 459 g/mol. The Morgan fingerprint density at radius 2 is 1.68 bits per heavy atom. The summed E-state index contributed by atoms with van der Waals surface area (Å²) in [5, 5.41) is 4.56. The van der Waals surface area contributed by atoms with E-state index in [-0.39, 0.29) is 12.4 Å². The molecule has 1 aliphatic rings. The lowest BCUT2D eigenvalue weighted by atomic mass is 10.1. The van der Waals surface area contributed by atoms with Gasteiger partial charge in [0.25, 0.3) is 0 Å². The quantitative estimate of drug-likeness (QED) is 0.401. The Morgan fingerprint density at radius 3 is 2.39 bits per heavy atom. The van der Waals surface area contributed by atoms with Crippen LogP contribution in [0.25, 0.3) is 0 Å². The van der Waals surface area contributed by atoms with Gasteiger partial charge in [0, 0.05) is 30.9 Å². The molecule has 0 bridgehead atoms. The molecule has 0 aromatic heterocycles. The third-order valence-electron chi connectivity index (χ3n) is 5.51. The van der Waals surface area contributed by atoms with Gasteiger partial charge in [0.2, 0.25) is 0 Å². The van der Waals surface area contributed by atoms with Crippen LogP contribution in [0.2, 0.25) is 10.0 Å². The first-order chi connectivity index (χ1) is 15.1. The number of nitrogens with zero attached hydrogens (tertiary/aromatic N) is 1. The van der Waals surface area contributed by atoms with Crippen molar-refractivity contribution in [1.29, 1.82) is 0 Å². The van der Waals surface area contributed by atoms with Crippen LogP contribution in [0, 0.1) is 5.82 Å². The average Bonchev–Trinajstić information content (AvgIpc) is 2.79. The number of hydrogen-bond donors (Lipinski definition) is 1. The lowest BCUT2D eigenvalue weighted by molar-refractivity contribution is 0.300. The van der Waals surface area contributed by atoms with Crippen molar-refractivity contribution < 1.29 is 9.13 Å². The Bertz CT molecular complexity index is 1000. The van der Waals surface area contributed by atoms with E-state index in [0.717, 1.165) is 35.1 Å². The molecule has 1 fully saturated rings. The lowest BCUT2D eigenvalue weighted by Crippen LogP contribution is -2.29. The molecule has 31 heavy (non-hydrogen) atoms. The molecular weight excluding hydrogens is 434 g/mol. The smallest absolute Gasteiger partial charge is 0.131 e. The van der Waals surface area contributed by atoms with Crippen molar-refractivity contribution in [3.05, 3.63) is 87.7 Å². The summed E-state index contributed by atoms with van der Waals surface area (Å²) in [5.41, 5.74) is 3.57. The highest BCUT2D eigenvalue weighted by atomic mass is 35.5. The van der Waals surface area contributed by atoms with Crippen LogP contribution in [-0.2, 0) is 13.2 Å². The van der Waals surface area contributed by atoms with Crippen molar-refractivity contribution in [2.24, 2.45) is 0 Å². The highest BCUT2D eigenvalue weighted by Crippen LogP contribution is 2.31. The lowest BCUT2D eigenvalue weighted by Gasteiger charge is -2.29. The van der Waals surface area contributed by atoms with E-state index in [1.165, 1.54) is 25.3 Å². The van der Waals surface area contributed by atoms with E-state index in [4.69, 9.17) is 27.9 Å². The highest BCUT2D eigenvalue weighted by molar-refractivity contribution is 6.33. The molecule has 3 aromatic rings. The second kappa shape index (κ2) is 10.3. The SMILES string of the molecule is Fc1cccc(Cl)c1COc1ccc(CNc2ccc(N3CCCCC3)c(Cl)c2)cc1. The van der Waals surface area contributed by atoms with E-state index in [2.05, 4.69) is 22.3 Å². The van der Waals surface area contributed by atoms with Gasteiger partial charge in [0.15, 0.2) is 0 Å². The largest absolute Gasteiger partial charge is 0.489 e. The Morgan fingerprint density at radius 1 is 0.903 bits per heavy atom. The molecule has 3 nitrogen and oxygen atoms in total. The van der Waals surface area contributed by atoms with Crippen LogP contribution >= 0.6 is 23.2 Å². The van der Waals surface area contributed by atoms with Gasteiger partial charge in [-0.3, -0.25) is 0 Å². The maximum atomic E-state index is 13.9. The fourth-order valence-electron chi connectivity index (χ4n) is 3.74. The van der Waals surface area contributed by atoms with Gasteiger partial charge in [-0.05, 0) is 67.3 Å². The monoisotopic (exact) mass is 458 g/mol. The predicted octanol–water partition coefficient (Wildman–Crippen LogP) is 7.31. The zero-order valence-electron chi connectivity index (χ0n) is 17.2. The molecule has 0 radical (unpaired) electrons. The van der Waals surface area contributed by atoms with Gasteiger partial charge in [-0.15, -0.1) is 0 Å². The highest BCUT2D eigenvalue weighted by Gasteiger charge is 2.14. The molecule has 3 aromatic carbocycles. The molecule has 0 atom stereocenters. The van der Waals surface area contributed by atoms with E-state index >= 15 is 0 Å². The standard InChI is InChI=1S/C25H25Cl2FN2O/c26-22-5-4-6-24(28)21(22)17-31-20-10-7-18(8-11-20)16-29-19-9-12-25(23(27)15-19)30-13-2-1-3-14-30/h4-12,15,29H,1-3,13-14,16-17H2. The molecule has 0 spiro atoms. The number of hydrogen-bond acceptors (Lipinski definition) is 3. The molecule has 1 saturated heterocycles. The molecule has 0 saturated carbocycles. The first-order valence-corrected chi connectivity index (χ1v) is 11.3. The predicted molar refractivity (Wildman–Crippen MR) is 127 cm³/mol. The molecule has 1 heterocycles. The maximum Gasteiger partial charge on any atom is 0.131 e. The zero-order valence-corrected chi connectivity index (χ0v) is 18.7. The van der Waals surface area contributed by atoms with Gasteiger partial charge in [0.05, 0.1) is 15.7 Å². The van der Waals surface area contributed by atoms with Crippen molar-refractivity contribution in [2.45, 2.75) is 32.4 Å². The fraction of sp³-hybridized carbons (Fsp3) is 0.280. The number of anilines is 2. The van der Waals surface area contributed by atoms with E-state index in [1.807, 2.05) is 30.3 Å². The maximum absolute atomic E-state index is 13.9. The first-order valence-electron chi connectivity index (χ1n) is 10.5. The van der Waals surface area contributed by atoms with Crippen molar-refractivity contribution in [1.82, 2.24) is 0 Å². The molecule has 0 aliphatic carbocycles. The summed E-state index contributed by atoms with van der Waals surface area (Å²) in [6.45, 7) is 2.90. The Labute approximate surface area is 192 Å². The fourth-order valence-corrected chi connectivity index (χ4v) is 4.26. The number of ether oxygens (including phenoxy) is 1. The first kappa shape index (κ1) is 21.8. The molecule has 1 aliphatic heterocycles. The van der Waals surface area contributed by atoms with E-state index < -0.39 is 0 Å². The minimum absolute atomic E-state index is 0.0883. The molecule has 162 valence electrons. The van der Waals surface area contributed by atoms with Gasteiger partial charge in [-0.1, -0.05) is 41.4 Å². The van der Waals surface area contributed by atoms with Crippen LogP contribution in [0.3, 0.4) is 0 Å². The van der Waals surface area contributed by atoms with Gasteiger partial charge in [0.1, 0.15) is 18.2 Å². The normalized spacial score (nSPS) is 13.8. The number of piperidine rings is 1. The summed E-state index contributed by atoms with van der Waals surface area (Å²) in [6.07, 6.45) is 3.75. The van der Waals surface area contributed by atoms with Crippen molar-refractivity contribution >= 4 is 34.6 Å². The van der Waals surface area contributed by atoms with Crippen LogP contribution in [0.1, 0.15) is 30.4 Å². The number of rotatable bonds is 7. The Hall–Kier alpha value is -2.43. The summed E-state index contributed by atoms with van der Waals surface area (Å²) in [6, 6.07) is 18.5. The van der Waals surface area contributed by atoms with Crippen molar-refractivity contribution in [2.75, 3.05) is 23.3 Å². The van der Waals surface area contributed by atoms with Crippen LogP contribution < -0.4 is 15.0 Å². The van der Waals surface area contributed by atoms with Crippen LogP contribution in [0.15, 0.2) is 60.7 Å². The minimum Gasteiger partial charge on any atom is -0.489 e. The van der Waals surface area contributed by atoms with E-state index in [9.17, 15) is 4.39 Å². The molecule has 1 N–H and O–H groups in total. The number of benzene rings is 3. The van der Waals surface area contributed by atoms with Crippen molar-refractivity contribution in [3.8, 4) is 5.75 Å². The summed E-state index contributed by atoms with van der Waals surface area (Å²) in [7, 11) is 0. The number of halogens is 3. The van der Waals surface area contributed by atoms with Gasteiger partial charge < -0.3 is 15.0 Å². The third kappa shape index (κ3) is 5.63. The zero-order chi connectivity index (χ0) is 21.6. The molecular formula is C25H25Cl2FN2O. The second-order valence-corrected chi connectivity index (χ2v) is 8.51.